The lowest BCUT2D eigenvalue weighted by Gasteiger charge is -2.62. The largest absolute Gasteiger partial charge is 0.480 e. The number of aromatic nitrogens is 4. The van der Waals surface area contributed by atoms with Crippen molar-refractivity contribution in [2.24, 2.45) is 28.6 Å². The average Bonchev–Trinajstić information content (AvgIpc) is 1.64. The normalized spacial score (nSPS) is 28.6. The number of amides is 5. The van der Waals surface area contributed by atoms with E-state index in [0.717, 1.165) is 5.69 Å². The summed E-state index contributed by atoms with van der Waals surface area (Å²) in [5.41, 5.74) is 8.49. The molecule has 2 aromatic heterocycles. The summed E-state index contributed by atoms with van der Waals surface area (Å²) < 4.78 is 17.5. The second-order valence-corrected chi connectivity index (χ2v) is 25.7. The Morgan fingerprint density at radius 2 is 1.71 bits per heavy atom. The van der Waals surface area contributed by atoms with Crippen molar-refractivity contribution in [1.82, 2.24) is 46.1 Å². The summed E-state index contributed by atoms with van der Waals surface area (Å²) >= 11 is 2.68. The van der Waals surface area contributed by atoms with Crippen molar-refractivity contribution in [3.8, 4) is 0 Å². The number of carbonyl (C=O) groups is 8. The van der Waals surface area contributed by atoms with Crippen LogP contribution in [-0.2, 0) is 40.1 Å². The number of aliphatic hydroxyl groups excluding tert-OH is 1. The molecule has 0 spiro atoms. The van der Waals surface area contributed by atoms with Gasteiger partial charge in [0.2, 0.25) is 17.8 Å². The molecule has 1 saturated heterocycles. The number of benzene rings is 1. The zero-order valence-corrected chi connectivity index (χ0v) is 49.4. The monoisotopic (exact) mass is 1210 g/mol. The van der Waals surface area contributed by atoms with Crippen molar-refractivity contribution >= 4 is 99.4 Å². The third kappa shape index (κ3) is 11.9. The molecule has 4 heterocycles. The van der Waals surface area contributed by atoms with Crippen molar-refractivity contribution in [3.63, 3.8) is 0 Å². The number of carboxylic acids is 2. The highest BCUT2D eigenvalue weighted by Gasteiger charge is 2.76. The zero-order valence-electron chi connectivity index (χ0n) is 47.8. The van der Waals surface area contributed by atoms with Crippen LogP contribution in [0.15, 0.2) is 65.5 Å². The number of ketones is 1. The number of alkyl halides is 1. The van der Waals surface area contributed by atoms with Crippen LogP contribution in [0.25, 0.3) is 11.2 Å². The maximum atomic E-state index is 17.5. The molecule has 4 aliphatic carbocycles. The lowest BCUT2D eigenvalue weighted by molar-refractivity contribution is -0.219. The van der Waals surface area contributed by atoms with E-state index in [9.17, 15) is 58.8 Å². The Morgan fingerprint density at radius 1 is 0.965 bits per heavy atom. The molecule has 4 fully saturated rings. The van der Waals surface area contributed by atoms with Crippen LogP contribution in [0.2, 0.25) is 0 Å². The Balaban J connectivity index is 0.649. The number of nitrogen functional groups attached to an aromatic ring is 2. The van der Waals surface area contributed by atoms with Crippen molar-refractivity contribution in [3.05, 3.63) is 76.8 Å². The number of nitrogens with zero attached hydrogens (tertiary/aromatic N) is 6. The number of carbonyl (C=O) groups excluding carboxylic acids is 6. The van der Waals surface area contributed by atoms with Crippen LogP contribution >= 0.6 is 23.5 Å². The Bertz CT molecular complexity index is 3280. The molecule has 5 amide bonds. The van der Waals surface area contributed by atoms with Crippen molar-refractivity contribution < 1.29 is 63.2 Å². The smallest absolute Gasteiger partial charge is 0.352 e. The minimum Gasteiger partial charge on any atom is -0.480 e. The van der Waals surface area contributed by atoms with E-state index in [4.69, 9.17) is 11.5 Å². The number of aliphatic carboxylic acids is 2. The SMILES string of the molecule is C[C@@H]1C[C@H]2C3CCC4=CC(=O)C=C[C@]4(C)[C@@]3(F)[C@@H](O)C[C@]2(C)[C@@]1(O)C(=O)NCCCCCCC(=O)NC1C(=O)N2C(C(=O)O)=C(CSCCNC(=O)CC[C@H](NC(=O)c3ccc(N(C)Cc4cnc5nc(N)nc(N)c5n4)cc3)C(=O)O)CS[C@H]12. The summed E-state index contributed by atoms with van der Waals surface area (Å²) in [4.78, 5) is 123. The maximum absolute atomic E-state index is 17.5. The predicted molar refractivity (Wildman–Crippen MR) is 315 cm³/mol. The van der Waals surface area contributed by atoms with Crippen LogP contribution in [0.1, 0.15) is 107 Å². The summed E-state index contributed by atoms with van der Waals surface area (Å²) in [6, 6.07) is 4.20. The van der Waals surface area contributed by atoms with Gasteiger partial charge in [0.05, 0.1) is 24.5 Å². The number of hydrogen-bond donors (Lipinski definition) is 10. The van der Waals surface area contributed by atoms with Gasteiger partial charge in [-0.25, -0.2) is 23.9 Å². The van der Waals surface area contributed by atoms with Gasteiger partial charge in [-0.1, -0.05) is 38.3 Å². The van der Waals surface area contributed by atoms with Gasteiger partial charge in [-0.3, -0.25) is 33.7 Å². The van der Waals surface area contributed by atoms with Crippen LogP contribution in [0.5, 0.6) is 0 Å². The molecule has 11 atom stereocenters. The second-order valence-electron chi connectivity index (χ2n) is 23.5. The fourth-order valence-corrected chi connectivity index (χ4v) is 16.1. The van der Waals surface area contributed by atoms with E-state index in [1.54, 1.807) is 58.2 Å². The molecular weight excluding hydrogens is 1140 g/mol. The Kier molecular flexibility index (Phi) is 18.3. The topological polar surface area (TPSA) is 376 Å². The van der Waals surface area contributed by atoms with Crippen molar-refractivity contribution in [2.75, 3.05) is 53.8 Å². The third-order valence-corrected chi connectivity index (χ3v) is 20.7. The Morgan fingerprint density at radius 3 is 2.44 bits per heavy atom. The summed E-state index contributed by atoms with van der Waals surface area (Å²) in [7, 11) is 1.80. The molecule has 456 valence electrons. The molecule has 9 rings (SSSR count). The summed E-state index contributed by atoms with van der Waals surface area (Å²) in [5.74, 6) is -5.84. The first-order valence-corrected chi connectivity index (χ1v) is 30.8. The molecule has 24 nitrogen and oxygen atoms in total. The maximum Gasteiger partial charge on any atom is 0.352 e. The summed E-state index contributed by atoms with van der Waals surface area (Å²) in [6.45, 7) is 6.08. The minimum atomic E-state index is -2.07. The van der Waals surface area contributed by atoms with Crippen LogP contribution < -0.4 is 37.6 Å². The van der Waals surface area contributed by atoms with E-state index in [2.05, 4.69) is 41.2 Å². The highest BCUT2D eigenvalue weighted by atomic mass is 32.2. The number of anilines is 3. The van der Waals surface area contributed by atoms with Crippen LogP contribution in [0.4, 0.5) is 21.8 Å². The molecule has 12 N–H and O–H groups in total. The van der Waals surface area contributed by atoms with Gasteiger partial charge in [0.25, 0.3) is 17.7 Å². The molecule has 2 aliphatic heterocycles. The van der Waals surface area contributed by atoms with Gasteiger partial charge in [0.1, 0.15) is 23.2 Å². The quantitative estimate of drug-likeness (QED) is 0.0455. The summed E-state index contributed by atoms with van der Waals surface area (Å²) in [5, 5.41) is 54.2. The highest BCUT2D eigenvalue weighted by molar-refractivity contribution is 8.01. The molecule has 85 heavy (non-hydrogen) atoms. The Hall–Kier alpha value is -7.23. The van der Waals surface area contributed by atoms with Crippen LogP contribution in [0, 0.1) is 28.6 Å². The van der Waals surface area contributed by atoms with E-state index in [1.165, 1.54) is 46.8 Å². The van der Waals surface area contributed by atoms with Gasteiger partial charge in [-0.05, 0) is 106 Å². The lowest BCUT2D eigenvalue weighted by Crippen LogP contribution is -2.70. The first-order valence-electron chi connectivity index (χ1n) is 28.6. The molecule has 27 heteroatoms. The molecular formula is C58H73FN12O12S2. The molecule has 6 aliphatic rings. The first kappa shape index (κ1) is 62.3. The number of β-lactam (4-membered cyclic amide) rings is 1. The second kappa shape index (κ2) is 25.0. The van der Waals surface area contributed by atoms with Gasteiger partial charge in [0.15, 0.2) is 34.0 Å². The van der Waals surface area contributed by atoms with E-state index in [-0.39, 0.29) is 90.8 Å². The lowest BCUT2D eigenvalue weighted by atomic mass is 9.44. The average molecular weight is 1210 g/mol. The number of allylic oxidation sites excluding steroid dienone is 4. The molecule has 3 aromatic rings. The number of nitrogens with two attached hydrogens (primary N) is 2. The standard InChI is InChI=1S/C58H73FN12O12S2/c1-30-23-38-37-15-12-33-24-36(72)18-19-55(33,2)57(37,59)40(73)25-56(38,3)58(30,83)53(82)63-20-8-6-5-7-9-42(75)67-44-49(77)71-45(52(80)81)32(29-85-50(44)71)28-84-22-21-62-41(74)17-16-39(51(78)79)66-48(76)31-10-13-35(14-11-31)70(4)27-34-26-64-47-43(65-34)46(60)68-54(61)69-47/h10-11,13-14,18-19,24,26,30,37-40,44,50,73,83H,5-9,12,15-17,20-23,25,27-29H2,1-4H3,(H,62,74)(H,63,82)(H,66,76)(H,67,75)(H,78,79)(H,80,81)(H4,60,61,64,68,69)/t30-,37?,38+,39+,40+,44?,50-,55+,56+,57+,58+/m1/s1. The van der Waals surface area contributed by atoms with Crippen molar-refractivity contribution in [2.45, 2.75) is 133 Å². The molecule has 2 unspecified atom stereocenters. The first-order chi connectivity index (χ1) is 40.3. The number of aliphatic hydroxyl groups is 2. The number of fused-ring (bicyclic) bond motifs is 7. The number of unbranched alkanes of at least 4 members (excludes halogenated alkanes) is 3. The molecule has 0 radical (unpaired) electrons. The van der Waals surface area contributed by atoms with Crippen molar-refractivity contribution in [1.29, 1.82) is 0 Å². The van der Waals surface area contributed by atoms with Gasteiger partial charge >= 0.3 is 11.9 Å². The van der Waals surface area contributed by atoms with Gasteiger partial charge in [-0.15, -0.1) is 11.8 Å². The van der Waals surface area contributed by atoms with E-state index in [1.807, 2.05) is 4.90 Å². The zero-order chi connectivity index (χ0) is 61.3. The Labute approximate surface area is 498 Å². The summed E-state index contributed by atoms with van der Waals surface area (Å²) in [6.07, 6.45) is 7.71. The van der Waals surface area contributed by atoms with Gasteiger partial charge in [-0.2, -0.15) is 21.7 Å². The molecule has 1 aromatic carbocycles. The van der Waals surface area contributed by atoms with E-state index < -0.39 is 93.1 Å². The fourth-order valence-electron chi connectivity index (χ4n) is 13.8. The molecule has 3 saturated carbocycles. The predicted octanol–water partition coefficient (Wildman–Crippen LogP) is 3.19. The highest BCUT2D eigenvalue weighted by Crippen LogP contribution is 2.70. The number of carboxylic acid groups (broad SMARTS) is 2. The number of nitrogens with one attached hydrogen (secondary N) is 4. The van der Waals surface area contributed by atoms with Crippen LogP contribution in [0.3, 0.4) is 0 Å². The molecule has 0 bridgehead atoms. The minimum absolute atomic E-state index is 0.0147. The number of halogens is 1. The third-order valence-electron chi connectivity index (χ3n) is 18.3. The van der Waals surface area contributed by atoms with E-state index >= 15 is 4.39 Å². The number of hydrogen-bond acceptors (Lipinski definition) is 19. The van der Waals surface area contributed by atoms with Crippen LogP contribution in [-0.4, -0.2) is 165 Å². The number of rotatable bonds is 24. The van der Waals surface area contributed by atoms with Gasteiger partial charge < -0.3 is 58.1 Å². The number of thioether (sulfide) groups is 2. The fraction of sp³-hybridized carbons (Fsp3) is 0.552. The van der Waals surface area contributed by atoms with E-state index in [0.29, 0.717) is 85.4 Å². The van der Waals surface area contributed by atoms with Gasteiger partial charge in [0, 0.05) is 78.2 Å².